The van der Waals surface area contributed by atoms with Crippen LogP contribution in [-0.2, 0) is 27.8 Å². The molecular weight excluding hydrogens is 336 g/mol. The fourth-order valence-corrected chi connectivity index (χ4v) is 4.74. The van der Waals surface area contributed by atoms with Gasteiger partial charge in [0.05, 0.1) is 12.7 Å². The Kier molecular flexibility index (Phi) is 4.69. The zero-order chi connectivity index (χ0) is 18.9. The summed E-state index contributed by atoms with van der Waals surface area (Å²) in [4.78, 5) is 24.2. The van der Waals surface area contributed by atoms with Gasteiger partial charge in [-0.15, -0.1) is 0 Å². The normalized spacial score (nSPS) is 21.5. The van der Waals surface area contributed by atoms with E-state index in [2.05, 4.69) is 30.3 Å². The molecule has 27 heavy (non-hydrogen) atoms. The van der Waals surface area contributed by atoms with Crippen LogP contribution < -0.4 is 0 Å². The minimum atomic E-state index is -0.297. The standard InChI is InChI=1S/C24H24O3/c1-27-23(26)19-10-11-22-18(14-19)8-5-9-20-15-21(25)12-13-24(20,22)16-17-6-3-2-4-7-17/h2-4,6-7,10-11,14-15H,5,8-9,12-13,16H2,1H3. The number of hydrogen-bond acceptors (Lipinski definition) is 3. The molecule has 1 atom stereocenters. The Morgan fingerprint density at radius 3 is 2.67 bits per heavy atom. The van der Waals surface area contributed by atoms with Crippen LogP contribution in [0.2, 0.25) is 0 Å². The average molecular weight is 360 g/mol. The summed E-state index contributed by atoms with van der Waals surface area (Å²) in [6.07, 6.45) is 7.04. The molecule has 1 unspecified atom stereocenters. The lowest BCUT2D eigenvalue weighted by Gasteiger charge is -2.39. The van der Waals surface area contributed by atoms with Gasteiger partial charge in [-0.1, -0.05) is 42.0 Å². The summed E-state index contributed by atoms with van der Waals surface area (Å²) in [6.45, 7) is 0. The van der Waals surface area contributed by atoms with Gasteiger partial charge in [-0.3, -0.25) is 4.79 Å². The predicted octanol–water partition coefficient (Wildman–Crippen LogP) is 4.58. The molecule has 0 saturated carbocycles. The first kappa shape index (κ1) is 17.7. The molecule has 0 aromatic heterocycles. The molecule has 0 amide bonds. The van der Waals surface area contributed by atoms with E-state index in [-0.39, 0.29) is 17.2 Å². The maximum atomic E-state index is 12.2. The maximum absolute atomic E-state index is 12.2. The van der Waals surface area contributed by atoms with E-state index in [0.29, 0.717) is 12.0 Å². The van der Waals surface area contributed by atoms with Crippen LogP contribution in [0.5, 0.6) is 0 Å². The van der Waals surface area contributed by atoms with E-state index >= 15 is 0 Å². The lowest BCUT2D eigenvalue weighted by atomic mass is 9.63. The molecule has 2 aliphatic carbocycles. The molecule has 2 aromatic carbocycles. The van der Waals surface area contributed by atoms with Crippen molar-refractivity contribution < 1.29 is 14.3 Å². The summed E-state index contributed by atoms with van der Waals surface area (Å²) in [5, 5.41) is 0. The number of carbonyl (C=O) groups is 2. The van der Waals surface area contributed by atoms with Crippen molar-refractivity contribution in [1.29, 1.82) is 0 Å². The van der Waals surface area contributed by atoms with Crippen molar-refractivity contribution >= 4 is 11.8 Å². The van der Waals surface area contributed by atoms with E-state index in [9.17, 15) is 9.59 Å². The third-order valence-electron chi connectivity index (χ3n) is 6.03. The van der Waals surface area contributed by atoms with Crippen molar-refractivity contribution in [1.82, 2.24) is 0 Å². The Bertz CT molecular complexity index is 910. The molecule has 0 saturated heterocycles. The van der Waals surface area contributed by atoms with E-state index in [0.717, 1.165) is 32.1 Å². The highest BCUT2D eigenvalue weighted by atomic mass is 16.5. The third kappa shape index (κ3) is 3.23. The van der Waals surface area contributed by atoms with Gasteiger partial charge in [-0.25, -0.2) is 4.79 Å². The van der Waals surface area contributed by atoms with Gasteiger partial charge in [0, 0.05) is 11.8 Å². The quantitative estimate of drug-likeness (QED) is 0.753. The molecule has 0 aliphatic heterocycles. The number of aryl methyl sites for hydroxylation is 1. The highest BCUT2D eigenvalue weighted by Gasteiger charge is 2.41. The highest BCUT2D eigenvalue weighted by Crippen LogP contribution is 2.48. The molecule has 4 rings (SSSR count). The van der Waals surface area contributed by atoms with E-state index in [1.165, 1.54) is 29.4 Å². The monoisotopic (exact) mass is 360 g/mol. The fraction of sp³-hybridized carbons (Fsp3) is 0.333. The van der Waals surface area contributed by atoms with Crippen LogP contribution in [-0.4, -0.2) is 18.9 Å². The largest absolute Gasteiger partial charge is 0.465 e. The molecule has 3 heteroatoms. The first-order valence-electron chi connectivity index (χ1n) is 9.62. The minimum Gasteiger partial charge on any atom is -0.465 e. The minimum absolute atomic E-state index is 0.157. The molecule has 0 fully saturated rings. The first-order chi connectivity index (χ1) is 13.1. The van der Waals surface area contributed by atoms with Crippen molar-refractivity contribution in [2.45, 2.75) is 43.9 Å². The number of ketones is 1. The highest BCUT2D eigenvalue weighted by molar-refractivity contribution is 5.92. The van der Waals surface area contributed by atoms with Gasteiger partial charge in [-0.2, -0.15) is 0 Å². The summed E-state index contributed by atoms with van der Waals surface area (Å²) in [5.74, 6) is -0.0583. The Labute approximate surface area is 160 Å². The van der Waals surface area contributed by atoms with Gasteiger partial charge in [0.25, 0.3) is 0 Å². The van der Waals surface area contributed by atoms with Gasteiger partial charge in [0.1, 0.15) is 0 Å². The van der Waals surface area contributed by atoms with Crippen LogP contribution in [0.3, 0.4) is 0 Å². The fourth-order valence-electron chi connectivity index (χ4n) is 4.74. The van der Waals surface area contributed by atoms with Gasteiger partial charge < -0.3 is 4.74 Å². The number of benzene rings is 2. The SMILES string of the molecule is COC(=O)c1ccc2c(c1)CCCC1=CC(=O)CCC12Cc1ccccc1. The number of esters is 1. The molecule has 2 aliphatic rings. The molecule has 0 N–H and O–H groups in total. The van der Waals surface area contributed by atoms with E-state index in [1.54, 1.807) is 0 Å². The Hall–Kier alpha value is -2.68. The second-order valence-corrected chi connectivity index (χ2v) is 7.60. The van der Waals surface area contributed by atoms with E-state index in [1.807, 2.05) is 24.3 Å². The summed E-state index contributed by atoms with van der Waals surface area (Å²) in [6, 6.07) is 16.5. The Morgan fingerprint density at radius 1 is 1.07 bits per heavy atom. The number of ether oxygens (including phenoxy) is 1. The summed E-state index contributed by atoms with van der Waals surface area (Å²) < 4.78 is 4.91. The van der Waals surface area contributed by atoms with Crippen LogP contribution in [0.4, 0.5) is 0 Å². The lowest BCUT2D eigenvalue weighted by Crippen LogP contribution is -2.35. The third-order valence-corrected chi connectivity index (χ3v) is 6.03. The average Bonchev–Trinajstić information content (AvgIpc) is 2.84. The first-order valence-corrected chi connectivity index (χ1v) is 9.62. The lowest BCUT2D eigenvalue weighted by molar-refractivity contribution is -0.115. The van der Waals surface area contributed by atoms with Crippen LogP contribution >= 0.6 is 0 Å². The number of rotatable bonds is 3. The van der Waals surface area contributed by atoms with E-state index in [4.69, 9.17) is 4.74 Å². The number of fused-ring (bicyclic) bond motifs is 3. The van der Waals surface area contributed by atoms with Gasteiger partial charge in [-0.05, 0) is 67.0 Å². The van der Waals surface area contributed by atoms with Crippen molar-refractivity contribution in [2.75, 3.05) is 7.11 Å². The second kappa shape index (κ2) is 7.15. The molecule has 0 heterocycles. The molecule has 2 aromatic rings. The summed E-state index contributed by atoms with van der Waals surface area (Å²) >= 11 is 0. The smallest absolute Gasteiger partial charge is 0.337 e. The topological polar surface area (TPSA) is 43.4 Å². The molecule has 3 nitrogen and oxygen atoms in total. The summed E-state index contributed by atoms with van der Waals surface area (Å²) in [7, 11) is 1.42. The zero-order valence-electron chi connectivity index (χ0n) is 15.7. The Morgan fingerprint density at radius 2 is 1.89 bits per heavy atom. The molecule has 0 spiro atoms. The van der Waals surface area contributed by atoms with E-state index < -0.39 is 0 Å². The number of allylic oxidation sites excluding steroid dienone is 2. The van der Waals surface area contributed by atoms with Crippen molar-refractivity contribution in [3.05, 3.63) is 82.4 Å². The Balaban J connectivity index is 1.87. The van der Waals surface area contributed by atoms with Gasteiger partial charge >= 0.3 is 5.97 Å². The van der Waals surface area contributed by atoms with Crippen LogP contribution in [0.1, 0.15) is 52.7 Å². The summed E-state index contributed by atoms with van der Waals surface area (Å²) in [5.41, 5.74) is 5.47. The molecular formula is C24H24O3. The van der Waals surface area contributed by atoms with Crippen molar-refractivity contribution in [3.63, 3.8) is 0 Å². The molecule has 0 bridgehead atoms. The van der Waals surface area contributed by atoms with Gasteiger partial charge in [0.2, 0.25) is 0 Å². The van der Waals surface area contributed by atoms with Crippen LogP contribution in [0, 0.1) is 0 Å². The second-order valence-electron chi connectivity index (χ2n) is 7.60. The van der Waals surface area contributed by atoms with Crippen molar-refractivity contribution in [2.24, 2.45) is 0 Å². The maximum Gasteiger partial charge on any atom is 0.337 e. The van der Waals surface area contributed by atoms with Crippen LogP contribution in [0.15, 0.2) is 60.2 Å². The van der Waals surface area contributed by atoms with Crippen LogP contribution in [0.25, 0.3) is 0 Å². The zero-order valence-corrected chi connectivity index (χ0v) is 15.7. The number of methoxy groups -OCH3 is 1. The predicted molar refractivity (Wildman–Crippen MR) is 105 cm³/mol. The number of hydrogen-bond donors (Lipinski definition) is 0. The van der Waals surface area contributed by atoms with Crippen molar-refractivity contribution in [3.8, 4) is 0 Å². The van der Waals surface area contributed by atoms with Gasteiger partial charge in [0.15, 0.2) is 5.78 Å². The molecule has 0 radical (unpaired) electrons. The number of carbonyl (C=O) groups excluding carboxylic acids is 2. The molecule has 138 valence electrons.